The number of hydrogen-bond acceptors (Lipinski definition) is 2. The molecule has 0 aliphatic heterocycles. The minimum absolute atomic E-state index is 0.299. The lowest BCUT2D eigenvalue weighted by Crippen LogP contribution is -2.22. The number of rotatable bonds is 4. The van der Waals surface area contributed by atoms with Crippen molar-refractivity contribution in [2.45, 2.75) is 53.6 Å². The zero-order valence-corrected chi connectivity index (χ0v) is 11.9. The van der Waals surface area contributed by atoms with Crippen molar-refractivity contribution in [1.82, 2.24) is 0 Å². The molecule has 96 valence electrons. The fourth-order valence-corrected chi connectivity index (χ4v) is 1.41. The zero-order valence-electron chi connectivity index (χ0n) is 11.9. The van der Waals surface area contributed by atoms with E-state index in [0.717, 1.165) is 12.0 Å². The Hall–Kier alpha value is -1.31. The maximum absolute atomic E-state index is 11.4. The van der Waals surface area contributed by atoms with Crippen LogP contribution in [0.25, 0.3) is 0 Å². The van der Waals surface area contributed by atoms with Gasteiger partial charge in [-0.25, -0.2) is 4.79 Å². The van der Waals surface area contributed by atoms with Gasteiger partial charge in [-0.15, -0.1) is 0 Å². The average molecular weight is 236 g/mol. The Bertz CT molecular complexity index is 348. The van der Waals surface area contributed by atoms with E-state index in [9.17, 15) is 4.79 Å². The molecule has 0 aromatic rings. The number of allylic oxidation sites excluding steroid dienone is 4. The highest BCUT2D eigenvalue weighted by Gasteiger charge is 2.13. The number of carbonyl (C=O) groups is 1. The predicted molar refractivity (Wildman–Crippen MR) is 72.8 cm³/mol. The van der Waals surface area contributed by atoms with Gasteiger partial charge in [0.05, 0.1) is 0 Å². The molecule has 0 N–H and O–H groups in total. The van der Waals surface area contributed by atoms with E-state index in [1.807, 2.05) is 47.6 Å². The lowest BCUT2D eigenvalue weighted by molar-refractivity contribution is -0.148. The standard InChI is InChI=1S/C15H24O2/c1-11(2)13(12(3)4)9-8-10-14(16)17-15(5,6)7/h8,10H,1,9H2,2-7H3/b10-8+. The highest BCUT2D eigenvalue weighted by molar-refractivity contribution is 5.82. The lowest BCUT2D eigenvalue weighted by atomic mass is 10.0. The number of esters is 1. The molecule has 0 amide bonds. The highest BCUT2D eigenvalue weighted by Crippen LogP contribution is 2.17. The summed E-state index contributed by atoms with van der Waals surface area (Å²) in [5.41, 5.74) is 3.02. The Labute approximate surface area is 105 Å². The van der Waals surface area contributed by atoms with E-state index in [-0.39, 0.29) is 5.97 Å². The Morgan fingerprint density at radius 3 is 2.12 bits per heavy atom. The molecular formula is C15H24O2. The first kappa shape index (κ1) is 15.7. The van der Waals surface area contributed by atoms with Crippen LogP contribution in [0.15, 0.2) is 35.5 Å². The van der Waals surface area contributed by atoms with Gasteiger partial charge in [0.25, 0.3) is 0 Å². The predicted octanol–water partition coefficient (Wildman–Crippen LogP) is 4.19. The SMILES string of the molecule is C=C(C)C(C/C=C/C(=O)OC(C)(C)C)=C(C)C. The summed E-state index contributed by atoms with van der Waals surface area (Å²) in [7, 11) is 0. The molecule has 0 heterocycles. The molecule has 0 aliphatic carbocycles. The molecule has 0 rings (SSSR count). The molecule has 0 aliphatic rings. The summed E-state index contributed by atoms with van der Waals surface area (Å²) in [4.78, 5) is 11.4. The van der Waals surface area contributed by atoms with Gasteiger partial charge in [-0.05, 0) is 53.5 Å². The van der Waals surface area contributed by atoms with Crippen molar-refractivity contribution < 1.29 is 9.53 Å². The maximum Gasteiger partial charge on any atom is 0.330 e. The quantitative estimate of drug-likeness (QED) is 0.415. The summed E-state index contributed by atoms with van der Waals surface area (Å²) >= 11 is 0. The van der Waals surface area contributed by atoms with Gasteiger partial charge in [-0.2, -0.15) is 0 Å². The summed E-state index contributed by atoms with van der Waals surface area (Å²) < 4.78 is 5.18. The molecule has 2 nitrogen and oxygen atoms in total. The fraction of sp³-hybridized carbons (Fsp3) is 0.533. The fourth-order valence-electron chi connectivity index (χ4n) is 1.41. The van der Waals surface area contributed by atoms with Gasteiger partial charge >= 0.3 is 5.97 Å². The molecule has 0 bridgehead atoms. The molecule has 0 aromatic heterocycles. The normalized spacial score (nSPS) is 11.4. The molecule has 0 fully saturated rings. The third-order valence-electron chi connectivity index (χ3n) is 2.10. The van der Waals surface area contributed by atoms with E-state index < -0.39 is 5.60 Å². The molecule has 0 atom stereocenters. The van der Waals surface area contributed by atoms with E-state index in [2.05, 4.69) is 6.58 Å². The molecule has 0 aromatic carbocycles. The van der Waals surface area contributed by atoms with Crippen molar-refractivity contribution in [2.75, 3.05) is 0 Å². The van der Waals surface area contributed by atoms with Crippen LogP contribution in [0.5, 0.6) is 0 Å². The van der Waals surface area contributed by atoms with Crippen LogP contribution < -0.4 is 0 Å². The van der Waals surface area contributed by atoms with E-state index >= 15 is 0 Å². The highest BCUT2D eigenvalue weighted by atomic mass is 16.6. The molecule has 0 saturated carbocycles. The second kappa shape index (κ2) is 6.43. The van der Waals surface area contributed by atoms with Gasteiger partial charge in [0, 0.05) is 6.08 Å². The Morgan fingerprint density at radius 2 is 1.76 bits per heavy atom. The van der Waals surface area contributed by atoms with Crippen molar-refractivity contribution in [3.63, 3.8) is 0 Å². The van der Waals surface area contributed by atoms with Crippen molar-refractivity contribution in [1.29, 1.82) is 0 Å². The third-order valence-corrected chi connectivity index (χ3v) is 2.10. The van der Waals surface area contributed by atoms with Gasteiger partial charge < -0.3 is 4.74 Å². The van der Waals surface area contributed by atoms with Gasteiger partial charge in [0.2, 0.25) is 0 Å². The van der Waals surface area contributed by atoms with Crippen LogP contribution in [-0.4, -0.2) is 11.6 Å². The minimum atomic E-state index is -0.435. The summed E-state index contributed by atoms with van der Waals surface area (Å²) in [6.45, 7) is 15.6. The van der Waals surface area contributed by atoms with Crippen LogP contribution in [0.4, 0.5) is 0 Å². The Balaban J connectivity index is 4.43. The Morgan fingerprint density at radius 1 is 1.24 bits per heavy atom. The van der Waals surface area contributed by atoms with Gasteiger partial charge in [-0.1, -0.05) is 23.8 Å². The first-order valence-electron chi connectivity index (χ1n) is 5.85. The van der Waals surface area contributed by atoms with Gasteiger partial charge in [0.15, 0.2) is 0 Å². The van der Waals surface area contributed by atoms with Crippen LogP contribution in [0.2, 0.25) is 0 Å². The second-order valence-corrected chi connectivity index (χ2v) is 5.40. The van der Waals surface area contributed by atoms with Crippen molar-refractivity contribution in [2.24, 2.45) is 0 Å². The first-order chi connectivity index (χ1) is 7.63. The van der Waals surface area contributed by atoms with Crippen molar-refractivity contribution >= 4 is 5.97 Å². The minimum Gasteiger partial charge on any atom is -0.457 e. The van der Waals surface area contributed by atoms with Crippen LogP contribution in [-0.2, 0) is 9.53 Å². The zero-order chi connectivity index (χ0) is 13.6. The smallest absolute Gasteiger partial charge is 0.330 e. The third kappa shape index (κ3) is 7.56. The topological polar surface area (TPSA) is 26.3 Å². The monoisotopic (exact) mass is 236 g/mol. The maximum atomic E-state index is 11.4. The van der Waals surface area contributed by atoms with E-state index in [4.69, 9.17) is 4.74 Å². The second-order valence-electron chi connectivity index (χ2n) is 5.40. The van der Waals surface area contributed by atoms with E-state index in [0.29, 0.717) is 0 Å². The summed E-state index contributed by atoms with van der Waals surface area (Å²) in [6.07, 6.45) is 4.03. The van der Waals surface area contributed by atoms with E-state index in [1.54, 1.807) is 0 Å². The molecule has 0 unspecified atom stereocenters. The molecular weight excluding hydrogens is 212 g/mol. The molecule has 0 saturated heterocycles. The Kier molecular flexibility index (Phi) is 5.94. The molecule has 2 heteroatoms. The number of hydrogen-bond donors (Lipinski definition) is 0. The van der Waals surface area contributed by atoms with Gasteiger partial charge in [-0.3, -0.25) is 0 Å². The average Bonchev–Trinajstić information content (AvgIpc) is 2.07. The lowest BCUT2D eigenvalue weighted by Gasteiger charge is -2.18. The molecule has 0 spiro atoms. The van der Waals surface area contributed by atoms with Crippen molar-refractivity contribution in [3.8, 4) is 0 Å². The van der Waals surface area contributed by atoms with Crippen LogP contribution in [0.1, 0.15) is 48.0 Å². The van der Waals surface area contributed by atoms with Crippen LogP contribution in [0, 0.1) is 0 Å². The molecule has 0 radical (unpaired) electrons. The summed E-state index contributed by atoms with van der Waals surface area (Å²) in [6, 6.07) is 0. The summed E-state index contributed by atoms with van der Waals surface area (Å²) in [5, 5.41) is 0. The first-order valence-corrected chi connectivity index (χ1v) is 5.85. The van der Waals surface area contributed by atoms with Crippen LogP contribution >= 0.6 is 0 Å². The number of ether oxygens (including phenoxy) is 1. The van der Waals surface area contributed by atoms with Crippen molar-refractivity contribution in [3.05, 3.63) is 35.5 Å². The molecule has 17 heavy (non-hydrogen) atoms. The van der Waals surface area contributed by atoms with Gasteiger partial charge in [0.1, 0.15) is 5.60 Å². The van der Waals surface area contributed by atoms with E-state index in [1.165, 1.54) is 17.2 Å². The summed E-state index contributed by atoms with van der Waals surface area (Å²) in [5.74, 6) is -0.299. The number of carbonyl (C=O) groups excluding carboxylic acids is 1. The largest absolute Gasteiger partial charge is 0.457 e. The van der Waals surface area contributed by atoms with Crippen LogP contribution in [0.3, 0.4) is 0 Å².